The van der Waals surface area contributed by atoms with E-state index in [2.05, 4.69) is 54.5 Å². The van der Waals surface area contributed by atoms with Crippen LogP contribution in [-0.2, 0) is 4.79 Å². The molecule has 0 radical (unpaired) electrons. The predicted octanol–water partition coefficient (Wildman–Crippen LogP) is 5.80. The number of carbonyl (C=O) groups excluding carboxylic acids is 1. The van der Waals surface area contributed by atoms with Gasteiger partial charge in [-0.2, -0.15) is 5.10 Å². The number of amides is 1. The average molecular weight is 502 g/mol. The molecular weight excluding hydrogens is 484 g/mol. The summed E-state index contributed by atoms with van der Waals surface area (Å²) >= 11 is 6.77. The molecule has 3 aromatic rings. The van der Waals surface area contributed by atoms with E-state index in [0.29, 0.717) is 5.75 Å². The Morgan fingerprint density at radius 1 is 0.964 bits per heavy atom. The highest BCUT2D eigenvalue weighted by Gasteiger charge is 2.06. The molecule has 0 atom stereocenters. The van der Waals surface area contributed by atoms with Crippen molar-refractivity contribution in [3.05, 3.63) is 87.3 Å². The van der Waals surface area contributed by atoms with E-state index in [1.165, 1.54) is 0 Å². The van der Waals surface area contributed by atoms with Gasteiger partial charge in [0, 0.05) is 4.47 Å². The zero-order valence-corrected chi connectivity index (χ0v) is 18.3. The normalized spacial score (nSPS) is 11.2. The Balaban J connectivity index is 1.56. The van der Waals surface area contributed by atoms with Gasteiger partial charge in [-0.05, 0) is 57.7 Å². The molecule has 0 saturated heterocycles. The number of nitrogens with one attached hydrogen (secondary N) is 1. The number of halogens is 2. The van der Waals surface area contributed by atoms with Gasteiger partial charge < -0.3 is 4.74 Å². The topological polar surface area (TPSA) is 50.7 Å². The molecule has 0 aromatic heterocycles. The fourth-order valence-corrected chi connectivity index (χ4v) is 3.67. The first-order chi connectivity index (χ1) is 13.5. The molecule has 0 bridgehead atoms. The van der Waals surface area contributed by atoms with Gasteiger partial charge in [0.05, 0.1) is 10.2 Å². The van der Waals surface area contributed by atoms with Gasteiger partial charge in [0.2, 0.25) is 0 Å². The highest BCUT2D eigenvalue weighted by molar-refractivity contribution is 9.11. The summed E-state index contributed by atoms with van der Waals surface area (Å²) in [6, 6.07) is 23.7. The van der Waals surface area contributed by atoms with Crippen LogP contribution in [0, 0.1) is 0 Å². The number of hydrogen-bond acceptors (Lipinski definition) is 3. The molecule has 6 heteroatoms. The number of hydrazone groups is 1. The Kier molecular flexibility index (Phi) is 7.01. The van der Waals surface area contributed by atoms with Crippen LogP contribution < -0.4 is 10.2 Å². The highest BCUT2D eigenvalue weighted by atomic mass is 79.9. The molecule has 0 unspecified atom stereocenters. The lowest BCUT2D eigenvalue weighted by Crippen LogP contribution is -2.25. The number of carbonyl (C=O) groups is 1. The second-order valence-electron chi connectivity index (χ2n) is 6.04. The largest absolute Gasteiger partial charge is 0.483 e. The van der Waals surface area contributed by atoms with Crippen molar-refractivity contribution in [2.45, 2.75) is 6.92 Å². The Bertz CT molecular complexity index is 987. The van der Waals surface area contributed by atoms with Crippen molar-refractivity contribution in [3.63, 3.8) is 0 Å². The Hall–Kier alpha value is -2.44. The molecule has 3 rings (SSSR count). The lowest BCUT2D eigenvalue weighted by molar-refractivity contribution is -0.123. The standard InChI is InChI=1S/C22H18Br2N2O2/c1-15(16-7-9-18(10-8-16)17-5-3-2-4-6-17)25-26-22(27)14-28-21-12-11-19(23)13-20(21)24/h2-13H,14H2,1H3,(H,26,27). The first kappa shape index (κ1) is 20.3. The van der Waals surface area contributed by atoms with Gasteiger partial charge in [0.1, 0.15) is 5.75 Å². The SMILES string of the molecule is CC(=NNC(=O)COc1ccc(Br)cc1Br)c1ccc(-c2ccccc2)cc1. The summed E-state index contributed by atoms with van der Waals surface area (Å²) in [6.45, 7) is 1.73. The smallest absolute Gasteiger partial charge is 0.277 e. The van der Waals surface area contributed by atoms with Crippen LogP contribution in [0.15, 0.2) is 86.8 Å². The van der Waals surface area contributed by atoms with Gasteiger partial charge in [0.25, 0.3) is 5.91 Å². The lowest BCUT2D eigenvalue weighted by Gasteiger charge is -2.08. The third-order valence-electron chi connectivity index (χ3n) is 4.01. The molecule has 142 valence electrons. The minimum Gasteiger partial charge on any atom is -0.483 e. The molecule has 0 heterocycles. The van der Waals surface area contributed by atoms with Gasteiger partial charge >= 0.3 is 0 Å². The molecule has 1 amide bonds. The Morgan fingerprint density at radius 3 is 2.32 bits per heavy atom. The van der Waals surface area contributed by atoms with Crippen molar-refractivity contribution in [2.75, 3.05) is 6.61 Å². The second-order valence-corrected chi connectivity index (χ2v) is 7.81. The first-order valence-corrected chi connectivity index (χ1v) is 10.2. The monoisotopic (exact) mass is 500 g/mol. The predicted molar refractivity (Wildman–Crippen MR) is 120 cm³/mol. The zero-order chi connectivity index (χ0) is 19.9. The van der Waals surface area contributed by atoms with Gasteiger partial charge in [0.15, 0.2) is 6.61 Å². The molecule has 28 heavy (non-hydrogen) atoms. The van der Waals surface area contributed by atoms with E-state index in [1.54, 1.807) is 6.07 Å². The Labute approximate surface area is 180 Å². The fraction of sp³-hybridized carbons (Fsp3) is 0.0909. The van der Waals surface area contributed by atoms with Crippen LogP contribution in [0.25, 0.3) is 11.1 Å². The van der Waals surface area contributed by atoms with Crippen LogP contribution >= 0.6 is 31.9 Å². The van der Waals surface area contributed by atoms with Crippen molar-refractivity contribution < 1.29 is 9.53 Å². The summed E-state index contributed by atoms with van der Waals surface area (Å²) < 4.78 is 7.20. The minimum absolute atomic E-state index is 0.121. The number of rotatable bonds is 6. The van der Waals surface area contributed by atoms with Crippen molar-refractivity contribution in [1.82, 2.24) is 5.43 Å². The van der Waals surface area contributed by atoms with E-state index >= 15 is 0 Å². The lowest BCUT2D eigenvalue weighted by atomic mass is 10.0. The fourth-order valence-electron chi connectivity index (χ4n) is 2.51. The number of ether oxygens (including phenoxy) is 1. The first-order valence-electron chi connectivity index (χ1n) is 8.60. The number of benzene rings is 3. The maximum atomic E-state index is 12.0. The van der Waals surface area contributed by atoms with E-state index in [4.69, 9.17) is 4.74 Å². The van der Waals surface area contributed by atoms with Crippen molar-refractivity contribution in [2.24, 2.45) is 5.10 Å². The summed E-state index contributed by atoms with van der Waals surface area (Å²) in [5.74, 6) is 0.269. The maximum absolute atomic E-state index is 12.0. The molecule has 4 nitrogen and oxygen atoms in total. The number of nitrogens with zero attached hydrogens (tertiary/aromatic N) is 1. The molecule has 0 spiro atoms. The van der Waals surface area contributed by atoms with Gasteiger partial charge in [-0.15, -0.1) is 0 Å². The molecule has 0 aliphatic carbocycles. The maximum Gasteiger partial charge on any atom is 0.277 e. The van der Waals surface area contributed by atoms with Crippen LogP contribution in [-0.4, -0.2) is 18.2 Å². The van der Waals surface area contributed by atoms with E-state index in [0.717, 1.165) is 31.3 Å². The highest BCUT2D eigenvalue weighted by Crippen LogP contribution is 2.28. The van der Waals surface area contributed by atoms with E-state index in [1.807, 2.05) is 61.5 Å². The van der Waals surface area contributed by atoms with Crippen LogP contribution in [0.1, 0.15) is 12.5 Å². The third-order valence-corrected chi connectivity index (χ3v) is 5.12. The number of hydrogen-bond donors (Lipinski definition) is 1. The molecule has 0 aliphatic heterocycles. The Morgan fingerprint density at radius 2 is 1.64 bits per heavy atom. The summed E-state index contributed by atoms with van der Waals surface area (Å²) in [7, 11) is 0. The van der Waals surface area contributed by atoms with Gasteiger partial charge in [-0.1, -0.05) is 70.5 Å². The van der Waals surface area contributed by atoms with Crippen LogP contribution in [0.4, 0.5) is 0 Å². The molecule has 3 aromatic carbocycles. The quantitative estimate of drug-likeness (QED) is 0.343. The van der Waals surface area contributed by atoms with E-state index < -0.39 is 0 Å². The molecular formula is C22H18Br2N2O2. The van der Waals surface area contributed by atoms with Gasteiger partial charge in [-0.3, -0.25) is 4.79 Å². The summed E-state index contributed by atoms with van der Waals surface area (Å²) in [5.41, 5.74) is 6.48. The second kappa shape index (κ2) is 9.66. The van der Waals surface area contributed by atoms with Crippen molar-refractivity contribution >= 4 is 43.5 Å². The molecule has 0 aliphatic rings. The summed E-state index contributed by atoms with van der Waals surface area (Å²) in [4.78, 5) is 12.0. The van der Waals surface area contributed by atoms with Crippen molar-refractivity contribution in [1.29, 1.82) is 0 Å². The van der Waals surface area contributed by atoms with Crippen LogP contribution in [0.5, 0.6) is 5.75 Å². The zero-order valence-electron chi connectivity index (χ0n) is 15.2. The van der Waals surface area contributed by atoms with Crippen molar-refractivity contribution in [3.8, 4) is 16.9 Å². The minimum atomic E-state index is -0.324. The summed E-state index contributed by atoms with van der Waals surface area (Å²) in [6.07, 6.45) is 0. The average Bonchev–Trinajstić information content (AvgIpc) is 2.72. The molecule has 0 fully saturated rings. The molecule has 1 N–H and O–H groups in total. The van der Waals surface area contributed by atoms with Gasteiger partial charge in [-0.25, -0.2) is 5.43 Å². The van der Waals surface area contributed by atoms with Crippen LogP contribution in [0.2, 0.25) is 0 Å². The van der Waals surface area contributed by atoms with E-state index in [-0.39, 0.29) is 12.5 Å². The summed E-state index contributed by atoms with van der Waals surface area (Å²) in [5, 5.41) is 4.16. The third kappa shape index (κ3) is 5.53. The van der Waals surface area contributed by atoms with E-state index in [9.17, 15) is 4.79 Å². The molecule has 0 saturated carbocycles. The van der Waals surface area contributed by atoms with Crippen LogP contribution in [0.3, 0.4) is 0 Å².